The standard InChI is InChI=1S/C14H28N2O3S/c1-5-20(18,19)10-12(4)15-14(17)16-8-6-13(7-9-16)11(2)3/h11-13H,5-10H2,1-4H3,(H,15,17)/t12-/m1/s1. The minimum atomic E-state index is -3.05. The zero-order chi connectivity index (χ0) is 15.3. The first-order valence-electron chi connectivity index (χ1n) is 7.51. The molecule has 1 aliphatic heterocycles. The summed E-state index contributed by atoms with van der Waals surface area (Å²) in [4.78, 5) is 13.9. The van der Waals surface area contributed by atoms with Crippen molar-refractivity contribution < 1.29 is 13.2 Å². The summed E-state index contributed by atoms with van der Waals surface area (Å²) in [5.41, 5.74) is 0. The van der Waals surface area contributed by atoms with Crippen LogP contribution in [0.3, 0.4) is 0 Å². The number of piperidine rings is 1. The van der Waals surface area contributed by atoms with Gasteiger partial charge in [0.15, 0.2) is 9.84 Å². The van der Waals surface area contributed by atoms with Gasteiger partial charge in [0.05, 0.1) is 5.75 Å². The van der Waals surface area contributed by atoms with Crippen LogP contribution in [0.4, 0.5) is 4.79 Å². The Morgan fingerprint density at radius 3 is 2.25 bits per heavy atom. The van der Waals surface area contributed by atoms with Crippen LogP contribution in [0.25, 0.3) is 0 Å². The second-order valence-corrected chi connectivity index (χ2v) is 8.52. The molecule has 20 heavy (non-hydrogen) atoms. The van der Waals surface area contributed by atoms with E-state index in [-0.39, 0.29) is 23.6 Å². The highest BCUT2D eigenvalue weighted by atomic mass is 32.2. The molecule has 1 aliphatic rings. The molecule has 0 spiro atoms. The summed E-state index contributed by atoms with van der Waals surface area (Å²) in [6, 6.07) is -0.471. The number of carbonyl (C=O) groups is 1. The predicted molar refractivity (Wildman–Crippen MR) is 81.5 cm³/mol. The monoisotopic (exact) mass is 304 g/mol. The number of rotatable bonds is 5. The molecule has 2 amide bonds. The van der Waals surface area contributed by atoms with Gasteiger partial charge in [0.1, 0.15) is 0 Å². The van der Waals surface area contributed by atoms with Crippen LogP contribution in [0.15, 0.2) is 0 Å². The lowest BCUT2D eigenvalue weighted by atomic mass is 9.87. The Kier molecular flexibility index (Phi) is 6.30. The largest absolute Gasteiger partial charge is 0.335 e. The molecule has 118 valence electrons. The number of amides is 2. The van der Waals surface area contributed by atoms with Gasteiger partial charge < -0.3 is 10.2 Å². The van der Waals surface area contributed by atoms with Crippen molar-refractivity contribution in [3.63, 3.8) is 0 Å². The fourth-order valence-electron chi connectivity index (χ4n) is 2.61. The molecule has 0 saturated carbocycles. The Morgan fingerprint density at radius 2 is 1.80 bits per heavy atom. The number of sulfone groups is 1. The maximum Gasteiger partial charge on any atom is 0.317 e. The molecule has 1 atom stereocenters. The summed E-state index contributed by atoms with van der Waals surface area (Å²) >= 11 is 0. The van der Waals surface area contributed by atoms with Gasteiger partial charge in [-0.05, 0) is 31.6 Å². The summed E-state index contributed by atoms with van der Waals surface area (Å²) in [5.74, 6) is 1.48. The van der Waals surface area contributed by atoms with Crippen molar-refractivity contribution in [2.24, 2.45) is 11.8 Å². The van der Waals surface area contributed by atoms with Gasteiger partial charge in [-0.2, -0.15) is 0 Å². The molecule has 6 heteroatoms. The lowest BCUT2D eigenvalue weighted by Gasteiger charge is -2.34. The third-order valence-electron chi connectivity index (χ3n) is 4.08. The molecule has 1 N–H and O–H groups in total. The van der Waals surface area contributed by atoms with Gasteiger partial charge in [0, 0.05) is 24.9 Å². The third kappa shape index (κ3) is 5.31. The van der Waals surface area contributed by atoms with E-state index < -0.39 is 9.84 Å². The van der Waals surface area contributed by atoms with Crippen LogP contribution in [-0.4, -0.2) is 50.0 Å². The first-order chi connectivity index (χ1) is 9.25. The average Bonchev–Trinajstić information content (AvgIpc) is 2.38. The Morgan fingerprint density at radius 1 is 1.25 bits per heavy atom. The highest BCUT2D eigenvalue weighted by Crippen LogP contribution is 2.24. The van der Waals surface area contributed by atoms with Gasteiger partial charge in [-0.3, -0.25) is 0 Å². The maximum atomic E-state index is 12.1. The Labute approximate surface area is 123 Å². The van der Waals surface area contributed by atoms with Crippen molar-refractivity contribution in [3.05, 3.63) is 0 Å². The number of likely N-dealkylation sites (tertiary alicyclic amines) is 1. The molecule has 5 nitrogen and oxygen atoms in total. The smallest absolute Gasteiger partial charge is 0.317 e. The summed E-state index contributed by atoms with van der Waals surface area (Å²) in [6.45, 7) is 9.34. The molecule has 0 aromatic heterocycles. The fraction of sp³-hybridized carbons (Fsp3) is 0.929. The minimum Gasteiger partial charge on any atom is -0.335 e. The van der Waals surface area contributed by atoms with Crippen molar-refractivity contribution in [1.29, 1.82) is 0 Å². The predicted octanol–water partition coefficient (Wildman–Crippen LogP) is 1.89. The van der Waals surface area contributed by atoms with Crippen molar-refractivity contribution in [2.75, 3.05) is 24.6 Å². The molecule has 0 aliphatic carbocycles. The summed E-state index contributed by atoms with van der Waals surface area (Å²) in [6.07, 6.45) is 2.07. The van der Waals surface area contributed by atoms with Crippen molar-refractivity contribution in [1.82, 2.24) is 10.2 Å². The van der Waals surface area contributed by atoms with Gasteiger partial charge >= 0.3 is 6.03 Å². The Balaban J connectivity index is 2.41. The second-order valence-electron chi connectivity index (χ2n) is 6.12. The van der Waals surface area contributed by atoms with Crippen molar-refractivity contribution >= 4 is 15.9 Å². The Hall–Kier alpha value is -0.780. The van der Waals surface area contributed by atoms with Crippen LogP contribution in [0, 0.1) is 11.8 Å². The second kappa shape index (κ2) is 7.29. The number of nitrogens with zero attached hydrogens (tertiary/aromatic N) is 1. The highest BCUT2D eigenvalue weighted by molar-refractivity contribution is 7.91. The summed E-state index contributed by atoms with van der Waals surface area (Å²) < 4.78 is 23.0. The SMILES string of the molecule is CCS(=O)(=O)C[C@@H](C)NC(=O)N1CCC(C(C)C)CC1. The molecule has 1 fully saturated rings. The zero-order valence-electron chi connectivity index (χ0n) is 13.1. The van der Waals surface area contributed by atoms with Gasteiger partial charge in [-0.25, -0.2) is 13.2 Å². The third-order valence-corrected chi connectivity index (χ3v) is 5.97. The van der Waals surface area contributed by atoms with E-state index in [1.165, 1.54) is 0 Å². The number of hydrogen-bond acceptors (Lipinski definition) is 3. The molecule has 1 rings (SSSR count). The lowest BCUT2D eigenvalue weighted by molar-refractivity contribution is 0.155. The normalized spacial score (nSPS) is 19.1. The van der Waals surface area contributed by atoms with E-state index in [0.29, 0.717) is 11.8 Å². The Bertz CT molecular complexity index is 412. The first-order valence-corrected chi connectivity index (χ1v) is 9.33. The fourth-order valence-corrected chi connectivity index (χ4v) is 3.69. The highest BCUT2D eigenvalue weighted by Gasteiger charge is 2.25. The number of hydrogen-bond donors (Lipinski definition) is 1. The molecule has 0 radical (unpaired) electrons. The topological polar surface area (TPSA) is 66.5 Å². The summed E-state index contributed by atoms with van der Waals surface area (Å²) in [7, 11) is -3.05. The molecular weight excluding hydrogens is 276 g/mol. The maximum absolute atomic E-state index is 12.1. The van der Waals surface area contributed by atoms with E-state index in [0.717, 1.165) is 25.9 Å². The quantitative estimate of drug-likeness (QED) is 0.843. The minimum absolute atomic E-state index is 0.0116. The molecule has 0 unspecified atom stereocenters. The van der Waals surface area contributed by atoms with Crippen LogP contribution in [-0.2, 0) is 9.84 Å². The van der Waals surface area contributed by atoms with E-state index in [9.17, 15) is 13.2 Å². The molecule has 1 saturated heterocycles. The van der Waals surface area contributed by atoms with Crippen molar-refractivity contribution in [2.45, 2.75) is 46.6 Å². The van der Waals surface area contributed by atoms with E-state index in [1.807, 2.05) is 0 Å². The lowest BCUT2D eigenvalue weighted by Crippen LogP contribution is -2.49. The van der Waals surface area contributed by atoms with Crippen LogP contribution in [0.2, 0.25) is 0 Å². The van der Waals surface area contributed by atoms with Crippen LogP contribution >= 0.6 is 0 Å². The zero-order valence-corrected chi connectivity index (χ0v) is 13.9. The molecule has 1 heterocycles. The van der Waals surface area contributed by atoms with E-state index in [2.05, 4.69) is 19.2 Å². The van der Waals surface area contributed by atoms with Gasteiger partial charge in [-0.15, -0.1) is 0 Å². The van der Waals surface area contributed by atoms with Gasteiger partial charge in [0.25, 0.3) is 0 Å². The molecule has 0 aromatic rings. The summed E-state index contributed by atoms with van der Waals surface area (Å²) in [5, 5.41) is 2.79. The molecule has 0 aromatic carbocycles. The van der Waals surface area contributed by atoms with E-state index in [1.54, 1.807) is 18.7 Å². The van der Waals surface area contributed by atoms with Crippen LogP contribution < -0.4 is 5.32 Å². The van der Waals surface area contributed by atoms with Gasteiger partial charge in [0.2, 0.25) is 0 Å². The van der Waals surface area contributed by atoms with Gasteiger partial charge in [-0.1, -0.05) is 20.8 Å². The van der Waals surface area contributed by atoms with Crippen molar-refractivity contribution in [3.8, 4) is 0 Å². The average molecular weight is 304 g/mol. The van der Waals surface area contributed by atoms with Crippen LogP contribution in [0.5, 0.6) is 0 Å². The first kappa shape index (κ1) is 17.3. The number of nitrogens with one attached hydrogen (secondary N) is 1. The number of carbonyl (C=O) groups excluding carboxylic acids is 1. The number of urea groups is 1. The molecular formula is C14H28N2O3S. The van der Waals surface area contributed by atoms with E-state index >= 15 is 0 Å². The van der Waals surface area contributed by atoms with Crippen LogP contribution in [0.1, 0.15) is 40.5 Å². The van der Waals surface area contributed by atoms with E-state index in [4.69, 9.17) is 0 Å². The molecule has 0 bridgehead atoms.